The molecule has 2 aromatic rings. The molecule has 0 radical (unpaired) electrons. The maximum atomic E-state index is 4.44. The van der Waals surface area contributed by atoms with Gasteiger partial charge in [-0.25, -0.2) is 4.98 Å². The Hall–Kier alpha value is -1.84. The Labute approximate surface area is 114 Å². The van der Waals surface area contributed by atoms with Gasteiger partial charge in [-0.15, -0.1) is 0 Å². The first kappa shape index (κ1) is 13.6. The molecule has 0 saturated carbocycles. The number of anilines is 1. The number of hydrogen-bond donors (Lipinski definition) is 1. The van der Waals surface area contributed by atoms with Crippen LogP contribution in [0.5, 0.6) is 0 Å². The van der Waals surface area contributed by atoms with Crippen LogP contribution in [0.3, 0.4) is 0 Å². The van der Waals surface area contributed by atoms with Crippen molar-refractivity contribution in [2.75, 3.05) is 5.32 Å². The van der Waals surface area contributed by atoms with Gasteiger partial charge in [-0.2, -0.15) is 0 Å². The number of aromatic nitrogens is 3. The van der Waals surface area contributed by atoms with E-state index < -0.39 is 0 Å². The van der Waals surface area contributed by atoms with Crippen molar-refractivity contribution >= 4 is 5.95 Å². The molecule has 0 fully saturated rings. The summed E-state index contributed by atoms with van der Waals surface area (Å²) >= 11 is 0. The van der Waals surface area contributed by atoms with Crippen molar-refractivity contribution in [1.82, 2.24) is 14.5 Å². The molecule has 0 unspecified atom stereocenters. The van der Waals surface area contributed by atoms with E-state index in [-0.39, 0.29) is 0 Å². The highest BCUT2D eigenvalue weighted by Crippen LogP contribution is 2.11. The molecule has 102 valence electrons. The molecule has 0 aliphatic heterocycles. The van der Waals surface area contributed by atoms with E-state index in [0.29, 0.717) is 5.92 Å². The van der Waals surface area contributed by atoms with Crippen LogP contribution in [-0.4, -0.2) is 14.5 Å². The first-order valence-corrected chi connectivity index (χ1v) is 6.88. The first-order valence-electron chi connectivity index (χ1n) is 6.88. The largest absolute Gasteiger partial charge is 0.350 e. The lowest BCUT2D eigenvalue weighted by molar-refractivity contribution is 0.526. The predicted octanol–water partition coefficient (Wildman–Crippen LogP) is 3.11. The van der Waals surface area contributed by atoms with E-state index in [2.05, 4.69) is 46.7 Å². The highest BCUT2D eigenvalue weighted by molar-refractivity contribution is 5.29. The van der Waals surface area contributed by atoms with Crippen LogP contribution in [0.15, 0.2) is 30.7 Å². The summed E-state index contributed by atoms with van der Waals surface area (Å²) in [4.78, 5) is 8.80. The van der Waals surface area contributed by atoms with Crippen molar-refractivity contribution in [2.45, 2.75) is 40.3 Å². The highest BCUT2D eigenvalue weighted by Gasteiger charge is 2.06. The van der Waals surface area contributed by atoms with Gasteiger partial charge in [0.15, 0.2) is 0 Å². The lowest BCUT2D eigenvalue weighted by Gasteiger charge is -2.12. The molecular formula is C15H22N4. The summed E-state index contributed by atoms with van der Waals surface area (Å²) in [5, 5.41) is 3.38. The maximum Gasteiger partial charge on any atom is 0.203 e. The monoisotopic (exact) mass is 258 g/mol. The molecule has 0 spiro atoms. The van der Waals surface area contributed by atoms with Crippen LogP contribution < -0.4 is 5.32 Å². The van der Waals surface area contributed by atoms with Crippen molar-refractivity contribution in [3.05, 3.63) is 42.0 Å². The fourth-order valence-electron chi connectivity index (χ4n) is 2.13. The van der Waals surface area contributed by atoms with Gasteiger partial charge in [0.2, 0.25) is 5.95 Å². The molecule has 0 aromatic carbocycles. The zero-order valence-corrected chi connectivity index (χ0v) is 11.9. The van der Waals surface area contributed by atoms with Gasteiger partial charge in [0.1, 0.15) is 0 Å². The van der Waals surface area contributed by atoms with E-state index in [1.165, 1.54) is 5.56 Å². The van der Waals surface area contributed by atoms with E-state index in [0.717, 1.165) is 31.2 Å². The van der Waals surface area contributed by atoms with E-state index >= 15 is 0 Å². The molecule has 0 saturated heterocycles. The topological polar surface area (TPSA) is 42.7 Å². The molecule has 4 heteroatoms. The van der Waals surface area contributed by atoms with Crippen molar-refractivity contribution in [3.63, 3.8) is 0 Å². The minimum Gasteiger partial charge on any atom is -0.350 e. The van der Waals surface area contributed by atoms with Gasteiger partial charge in [0.25, 0.3) is 0 Å². The third-order valence-electron chi connectivity index (χ3n) is 3.06. The summed E-state index contributed by atoms with van der Waals surface area (Å²) in [6.45, 7) is 8.26. The second-order valence-electron chi connectivity index (χ2n) is 5.11. The summed E-state index contributed by atoms with van der Waals surface area (Å²) < 4.78 is 2.15. The van der Waals surface area contributed by atoms with Gasteiger partial charge in [-0.1, -0.05) is 26.8 Å². The number of nitrogens with zero attached hydrogens (tertiary/aromatic N) is 3. The van der Waals surface area contributed by atoms with Crippen LogP contribution in [0, 0.1) is 5.92 Å². The summed E-state index contributed by atoms with van der Waals surface area (Å²) in [6.07, 6.45) is 6.70. The molecule has 1 N–H and O–H groups in total. The first-order chi connectivity index (χ1) is 9.20. The predicted molar refractivity (Wildman–Crippen MR) is 78.0 cm³/mol. The van der Waals surface area contributed by atoms with Crippen LogP contribution in [-0.2, 0) is 19.5 Å². The average molecular weight is 258 g/mol. The second-order valence-corrected chi connectivity index (χ2v) is 5.11. The van der Waals surface area contributed by atoms with Gasteiger partial charge in [-0.3, -0.25) is 4.98 Å². The van der Waals surface area contributed by atoms with Crippen molar-refractivity contribution < 1.29 is 0 Å². The zero-order valence-electron chi connectivity index (χ0n) is 11.9. The van der Waals surface area contributed by atoms with E-state index in [1.54, 1.807) is 0 Å². The molecule has 0 atom stereocenters. The Morgan fingerprint density at radius 2 is 2.11 bits per heavy atom. The Balaban J connectivity index is 2.04. The van der Waals surface area contributed by atoms with E-state index in [4.69, 9.17) is 0 Å². The molecule has 0 aliphatic carbocycles. The molecule has 2 rings (SSSR count). The van der Waals surface area contributed by atoms with E-state index in [1.807, 2.05) is 24.7 Å². The standard InChI is InChI=1S/C15H22N4/c1-4-13-6-5-7-16-14(13)10-18-15-17-8-9-19(15)11-12(2)3/h5-9,12H,4,10-11H2,1-3H3,(H,17,18). The van der Waals surface area contributed by atoms with Gasteiger partial charge in [-0.05, 0) is 24.0 Å². The van der Waals surface area contributed by atoms with E-state index in [9.17, 15) is 0 Å². The Morgan fingerprint density at radius 3 is 2.84 bits per heavy atom. The number of rotatable bonds is 6. The minimum absolute atomic E-state index is 0.607. The lowest BCUT2D eigenvalue weighted by Crippen LogP contribution is -2.11. The summed E-state index contributed by atoms with van der Waals surface area (Å²) in [5.74, 6) is 1.53. The number of imidazole rings is 1. The van der Waals surface area contributed by atoms with Crippen LogP contribution in [0.25, 0.3) is 0 Å². The smallest absolute Gasteiger partial charge is 0.203 e. The summed E-state index contributed by atoms with van der Waals surface area (Å²) in [5.41, 5.74) is 2.39. The second kappa shape index (κ2) is 6.36. The SMILES string of the molecule is CCc1cccnc1CNc1nccn1CC(C)C. The Bertz CT molecular complexity index is 516. The molecule has 0 amide bonds. The average Bonchev–Trinajstić information content (AvgIpc) is 2.83. The molecule has 2 heterocycles. The van der Waals surface area contributed by atoms with Gasteiger partial charge in [0.05, 0.1) is 12.2 Å². The highest BCUT2D eigenvalue weighted by atomic mass is 15.2. The lowest BCUT2D eigenvalue weighted by atomic mass is 10.1. The summed E-state index contributed by atoms with van der Waals surface area (Å²) in [6, 6.07) is 4.12. The Morgan fingerprint density at radius 1 is 1.26 bits per heavy atom. The number of hydrogen-bond acceptors (Lipinski definition) is 3. The molecule has 0 bridgehead atoms. The molecule has 19 heavy (non-hydrogen) atoms. The Kier molecular flexibility index (Phi) is 4.55. The number of pyridine rings is 1. The maximum absolute atomic E-state index is 4.44. The molecule has 0 aliphatic rings. The zero-order chi connectivity index (χ0) is 13.7. The minimum atomic E-state index is 0.607. The van der Waals surface area contributed by atoms with Crippen LogP contribution in [0.2, 0.25) is 0 Å². The number of aryl methyl sites for hydroxylation is 1. The third-order valence-corrected chi connectivity index (χ3v) is 3.06. The normalized spacial score (nSPS) is 10.9. The molecule has 4 nitrogen and oxygen atoms in total. The molecule has 2 aromatic heterocycles. The third kappa shape index (κ3) is 3.56. The summed E-state index contributed by atoms with van der Waals surface area (Å²) in [7, 11) is 0. The van der Waals surface area contributed by atoms with Crippen molar-refractivity contribution in [1.29, 1.82) is 0 Å². The number of nitrogens with one attached hydrogen (secondary N) is 1. The van der Waals surface area contributed by atoms with Crippen molar-refractivity contribution in [2.24, 2.45) is 5.92 Å². The van der Waals surface area contributed by atoms with Crippen molar-refractivity contribution in [3.8, 4) is 0 Å². The van der Waals surface area contributed by atoms with Crippen LogP contribution >= 0.6 is 0 Å². The van der Waals surface area contributed by atoms with Crippen LogP contribution in [0.1, 0.15) is 32.0 Å². The van der Waals surface area contributed by atoms with Gasteiger partial charge >= 0.3 is 0 Å². The molecular weight excluding hydrogens is 236 g/mol. The fraction of sp³-hybridized carbons (Fsp3) is 0.467. The fourth-order valence-corrected chi connectivity index (χ4v) is 2.13. The van der Waals surface area contributed by atoms with Gasteiger partial charge < -0.3 is 9.88 Å². The van der Waals surface area contributed by atoms with Gasteiger partial charge in [0, 0.05) is 25.1 Å². The quantitative estimate of drug-likeness (QED) is 0.865. The van der Waals surface area contributed by atoms with Crippen LogP contribution in [0.4, 0.5) is 5.95 Å².